The molecule has 0 saturated carbocycles. The third-order valence-corrected chi connectivity index (χ3v) is 10.6. The van der Waals surface area contributed by atoms with Crippen LogP contribution in [-0.4, -0.2) is 24.7 Å². The van der Waals surface area contributed by atoms with E-state index in [1.54, 1.807) is 29.6 Å². The van der Waals surface area contributed by atoms with Gasteiger partial charge in [0, 0.05) is 10.4 Å². The molecule has 1 aliphatic heterocycles. The van der Waals surface area contributed by atoms with Gasteiger partial charge in [-0.05, 0) is 58.2 Å². The Morgan fingerprint density at radius 1 is 1.24 bits per heavy atom. The maximum absolute atomic E-state index is 12.1. The number of rotatable bonds is 3. The maximum Gasteiger partial charge on any atom is 0.178 e. The summed E-state index contributed by atoms with van der Waals surface area (Å²) in [4.78, 5) is 17.9. The molecule has 1 aliphatic carbocycles. The summed E-state index contributed by atoms with van der Waals surface area (Å²) in [5.41, 5.74) is 2.76. The molecule has 2 heterocycles. The summed E-state index contributed by atoms with van der Waals surface area (Å²) >= 11 is 1.63. The number of carbonyl (C=O) groups excluding carboxylic acids is 1. The van der Waals surface area contributed by atoms with Crippen LogP contribution in [0.3, 0.4) is 0 Å². The molecule has 4 rings (SSSR count). The molecule has 1 aromatic carbocycles. The van der Waals surface area contributed by atoms with Gasteiger partial charge in [0.05, 0.1) is 11.4 Å². The lowest BCUT2D eigenvalue weighted by Crippen LogP contribution is -2.52. The first-order valence-electron chi connectivity index (χ1n) is 8.48. The first-order chi connectivity index (χ1) is 12.0. The number of hydrogen-bond donors (Lipinski definition) is 1. The summed E-state index contributed by atoms with van der Waals surface area (Å²) in [7, 11) is -2.19. The number of phenols is 1. The van der Waals surface area contributed by atoms with E-state index in [-0.39, 0.29) is 5.78 Å². The van der Waals surface area contributed by atoms with E-state index in [4.69, 9.17) is 4.99 Å². The highest BCUT2D eigenvalue weighted by Crippen LogP contribution is 2.42. The van der Waals surface area contributed by atoms with Gasteiger partial charge < -0.3 is 5.11 Å². The standard InChI is InChI=1S/C20H19NO2SSi/c1-3-11-25(2)18-12-13(22)6-7-14(18)21-15-8-9-16(23)19(20(15)25)17-5-4-10-24-17/h4-10,12,23H,3,11H2,1-2H3. The highest BCUT2D eigenvalue weighted by Gasteiger charge is 2.43. The van der Waals surface area contributed by atoms with Gasteiger partial charge in [0.15, 0.2) is 5.78 Å². The molecule has 1 N–H and O–H groups in total. The molecule has 0 radical (unpaired) electrons. The lowest BCUT2D eigenvalue weighted by atomic mass is 10.1. The lowest BCUT2D eigenvalue weighted by Gasteiger charge is -2.37. The second-order valence-electron chi connectivity index (χ2n) is 6.70. The van der Waals surface area contributed by atoms with Crippen molar-refractivity contribution in [3.8, 4) is 16.2 Å². The van der Waals surface area contributed by atoms with Crippen molar-refractivity contribution in [3.63, 3.8) is 0 Å². The van der Waals surface area contributed by atoms with E-state index in [2.05, 4.69) is 13.5 Å². The Balaban J connectivity index is 2.08. The third-order valence-electron chi connectivity index (χ3n) is 5.03. The predicted octanol–water partition coefficient (Wildman–Crippen LogP) is 4.51. The molecule has 2 aliphatic rings. The minimum absolute atomic E-state index is 0.0325. The Kier molecular flexibility index (Phi) is 3.85. The van der Waals surface area contributed by atoms with E-state index < -0.39 is 8.07 Å². The van der Waals surface area contributed by atoms with Crippen LogP contribution in [0.1, 0.15) is 13.3 Å². The van der Waals surface area contributed by atoms with Gasteiger partial charge in [0.2, 0.25) is 0 Å². The molecule has 0 amide bonds. The zero-order valence-corrected chi connectivity index (χ0v) is 16.1. The van der Waals surface area contributed by atoms with Crippen LogP contribution in [0.25, 0.3) is 10.4 Å². The minimum Gasteiger partial charge on any atom is -0.507 e. The topological polar surface area (TPSA) is 49.7 Å². The number of carbonyl (C=O) groups is 1. The third kappa shape index (κ3) is 2.46. The first-order valence-corrected chi connectivity index (χ1v) is 12.1. The summed E-state index contributed by atoms with van der Waals surface area (Å²) < 4.78 is 0. The summed E-state index contributed by atoms with van der Waals surface area (Å²) in [5, 5.41) is 14.9. The number of hydrogen-bond acceptors (Lipinski definition) is 4. The van der Waals surface area contributed by atoms with Crippen LogP contribution in [0.5, 0.6) is 5.75 Å². The molecule has 3 nitrogen and oxygen atoms in total. The Bertz CT molecular complexity index is 956. The Labute approximate surface area is 152 Å². The zero-order valence-electron chi connectivity index (χ0n) is 14.2. The van der Waals surface area contributed by atoms with Crippen molar-refractivity contribution in [1.29, 1.82) is 0 Å². The quantitative estimate of drug-likeness (QED) is 0.643. The molecule has 0 bridgehead atoms. The molecule has 1 atom stereocenters. The first kappa shape index (κ1) is 16.2. The number of aliphatic imine (C=N–C) groups is 1. The van der Waals surface area contributed by atoms with Gasteiger partial charge in [-0.1, -0.05) is 26.0 Å². The van der Waals surface area contributed by atoms with Gasteiger partial charge >= 0.3 is 0 Å². The van der Waals surface area contributed by atoms with Crippen LogP contribution in [0.2, 0.25) is 12.6 Å². The minimum atomic E-state index is -2.19. The van der Waals surface area contributed by atoms with Gasteiger partial charge in [-0.2, -0.15) is 0 Å². The molecular formula is C20H19NO2SSi. The Morgan fingerprint density at radius 3 is 2.80 bits per heavy atom. The number of benzene rings is 1. The van der Waals surface area contributed by atoms with Crippen molar-refractivity contribution in [1.82, 2.24) is 0 Å². The largest absolute Gasteiger partial charge is 0.507 e. The van der Waals surface area contributed by atoms with Crippen LogP contribution >= 0.6 is 11.3 Å². The number of thiophene rings is 1. The smallest absolute Gasteiger partial charge is 0.178 e. The van der Waals surface area contributed by atoms with Crippen molar-refractivity contribution < 1.29 is 9.90 Å². The Morgan fingerprint density at radius 2 is 2.08 bits per heavy atom. The highest BCUT2D eigenvalue weighted by molar-refractivity contribution is 7.14. The van der Waals surface area contributed by atoms with Gasteiger partial charge in [-0.15, -0.1) is 11.3 Å². The van der Waals surface area contributed by atoms with Gasteiger partial charge in [-0.3, -0.25) is 4.79 Å². The number of allylic oxidation sites excluding steroid dienone is 4. The van der Waals surface area contributed by atoms with E-state index in [9.17, 15) is 9.90 Å². The van der Waals surface area contributed by atoms with Crippen molar-refractivity contribution in [2.24, 2.45) is 4.99 Å². The number of aromatic hydroxyl groups is 1. The Hall–Kier alpha value is -2.24. The average Bonchev–Trinajstić information content (AvgIpc) is 3.11. The monoisotopic (exact) mass is 365 g/mol. The van der Waals surface area contributed by atoms with E-state index >= 15 is 0 Å². The van der Waals surface area contributed by atoms with Crippen LogP contribution < -0.4 is 5.19 Å². The number of fused-ring (bicyclic) bond motifs is 2. The van der Waals surface area contributed by atoms with Crippen LogP contribution in [-0.2, 0) is 4.79 Å². The molecule has 1 aromatic heterocycles. The lowest BCUT2D eigenvalue weighted by molar-refractivity contribution is -0.110. The zero-order chi connectivity index (χ0) is 17.6. The van der Waals surface area contributed by atoms with E-state index in [0.29, 0.717) is 5.75 Å². The van der Waals surface area contributed by atoms with Crippen molar-refractivity contribution in [3.05, 3.63) is 53.1 Å². The summed E-state index contributed by atoms with van der Waals surface area (Å²) in [5.74, 6) is 0.331. The van der Waals surface area contributed by atoms with Crippen LogP contribution in [0.15, 0.2) is 58.1 Å². The molecule has 0 fully saturated rings. The fourth-order valence-corrected chi connectivity index (χ4v) is 9.33. The summed E-state index contributed by atoms with van der Waals surface area (Å²) in [6.07, 6.45) is 6.24. The molecule has 2 aromatic rings. The molecule has 25 heavy (non-hydrogen) atoms. The molecule has 0 saturated heterocycles. The SMILES string of the molecule is CCC[Si]1(C)C2=CC(=O)C=CC2=Nc2ccc(O)c(-c3cccs3)c21. The fraction of sp³-hybridized carbons (Fsp3) is 0.200. The van der Waals surface area contributed by atoms with E-state index in [0.717, 1.165) is 44.7 Å². The van der Waals surface area contributed by atoms with Gasteiger partial charge in [0.25, 0.3) is 0 Å². The van der Waals surface area contributed by atoms with Crippen molar-refractivity contribution >= 4 is 41.8 Å². The fourth-order valence-electron chi connectivity index (χ4n) is 3.98. The van der Waals surface area contributed by atoms with E-state index in [1.165, 1.54) is 0 Å². The molecule has 5 heteroatoms. The highest BCUT2D eigenvalue weighted by atomic mass is 32.1. The second-order valence-corrected chi connectivity index (χ2v) is 11.9. The molecule has 0 spiro atoms. The molecule has 1 unspecified atom stereocenters. The van der Waals surface area contributed by atoms with Crippen LogP contribution in [0, 0.1) is 0 Å². The summed E-state index contributed by atoms with van der Waals surface area (Å²) in [6.45, 7) is 4.48. The molecule has 126 valence electrons. The maximum atomic E-state index is 12.1. The number of nitrogens with zero attached hydrogens (tertiary/aromatic N) is 1. The van der Waals surface area contributed by atoms with E-state index in [1.807, 2.05) is 29.7 Å². The normalized spacial score (nSPS) is 21.4. The van der Waals surface area contributed by atoms with Gasteiger partial charge in [-0.25, -0.2) is 4.99 Å². The summed E-state index contributed by atoms with van der Waals surface area (Å²) in [6, 6.07) is 8.72. The number of phenolic OH excluding ortho intramolecular Hbond substituents is 1. The number of ketones is 1. The predicted molar refractivity (Wildman–Crippen MR) is 107 cm³/mol. The average molecular weight is 366 g/mol. The molecular weight excluding hydrogens is 346 g/mol. The van der Waals surface area contributed by atoms with Crippen LogP contribution in [0.4, 0.5) is 5.69 Å². The van der Waals surface area contributed by atoms with Crippen molar-refractivity contribution in [2.75, 3.05) is 0 Å². The van der Waals surface area contributed by atoms with Gasteiger partial charge in [0.1, 0.15) is 13.8 Å². The van der Waals surface area contributed by atoms with Crippen molar-refractivity contribution in [2.45, 2.75) is 25.9 Å². The second kappa shape index (κ2) is 5.93.